The van der Waals surface area contributed by atoms with Crippen LogP contribution >= 0.6 is 11.6 Å². The zero-order valence-electron chi connectivity index (χ0n) is 14.4. The van der Waals surface area contributed by atoms with Gasteiger partial charge in [-0.1, -0.05) is 6.92 Å². The van der Waals surface area contributed by atoms with E-state index in [4.69, 9.17) is 11.6 Å². The quantitative estimate of drug-likeness (QED) is 0.781. The number of piperazine rings is 1. The van der Waals surface area contributed by atoms with Crippen LogP contribution in [0.25, 0.3) is 0 Å². The zero-order valence-corrected chi connectivity index (χ0v) is 15.1. The Balaban J connectivity index is 1.59. The summed E-state index contributed by atoms with van der Waals surface area (Å²) in [6.45, 7) is 9.80. The van der Waals surface area contributed by atoms with Crippen molar-refractivity contribution in [3.8, 4) is 0 Å². The van der Waals surface area contributed by atoms with Gasteiger partial charge in [0.2, 0.25) is 0 Å². The van der Waals surface area contributed by atoms with Crippen molar-refractivity contribution in [2.45, 2.75) is 38.2 Å². The molecule has 132 valence electrons. The number of hydrogen-bond donors (Lipinski definition) is 2. The van der Waals surface area contributed by atoms with Crippen molar-refractivity contribution in [1.82, 2.24) is 25.6 Å². The van der Waals surface area contributed by atoms with E-state index in [1.54, 1.807) is 0 Å². The molecule has 24 heavy (non-hydrogen) atoms. The highest BCUT2D eigenvalue weighted by Gasteiger charge is 2.35. The molecule has 1 aromatic heterocycles. The average molecular weight is 352 g/mol. The highest BCUT2D eigenvalue weighted by atomic mass is 35.5. The normalized spacial score (nSPS) is 26.4. The van der Waals surface area contributed by atoms with Gasteiger partial charge in [0.25, 0.3) is 5.91 Å². The molecule has 2 saturated heterocycles. The van der Waals surface area contributed by atoms with Crippen molar-refractivity contribution in [2.75, 3.05) is 32.7 Å². The van der Waals surface area contributed by atoms with Gasteiger partial charge >= 0.3 is 0 Å². The molecule has 3 heterocycles. The fourth-order valence-electron chi connectivity index (χ4n) is 3.55. The summed E-state index contributed by atoms with van der Waals surface area (Å²) in [4.78, 5) is 21.0. The van der Waals surface area contributed by atoms with Crippen LogP contribution in [0.3, 0.4) is 0 Å². The third-order valence-electron chi connectivity index (χ3n) is 5.08. The lowest BCUT2D eigenvalue weighted by Gasteiger charge is -2.42. The lowest BCUT2D eigenvalue weighted by molar-refractivity contribution is -0.125. The SMILES string of the molecule is CCc1nccc(C)c1CN1CCN(C2CNNC(=O)C2Cl)CC1. The van der Waals surface area contributed by atoms with Gasteiger partial charge in [-0.2, -0.15) is 0 Å². The number of carbonyl (C=O) groups excluding carboxylic acids is 1. The maximum atomic E-state index is 11.7. The summed E-state index contributed by atoms with van der Waals surface area (Å²) in [6, 6.07) is 2.16. The maximum Gasteiger partial charge on any atom is 0.253 e. The Labute approximate surface area is 148 Å². The molecular formula is C17H26ClN5O. The second kappa shape index (κ2) is 7.78. The fourth-order valence-corrected chi connectivity index (χ4v) is 3.85. The molecule has 0 aromatic carbocycles. The molecule has 0 spiro atoms. The molecule has 2 aliphatic rings. The van der Waals surface area contributed by atoms with E-state index < -0.39 is 5.38 Å². The van der Waals surface area contributed by atoms with E-state index in [1.807, 2.05) is 6.20 Å². The van der Waals surface area contributed by atoms with Crippen molar-refractivity contribution < 1.29 is 4.79 Å². The number of aromatic nitrogens is 1. The first-order valence-corrected chi connectivity index (χ1v) is 9.10. The Hall–Kier alpha value is -1.21. The zero-order chi connectivity index (χ0) is 17.1. The highest BCUT2D eigenvalue weighted by molar-refractivity contribution is 6.31. The van der Waals surface area contributed by atoms with Crippen LogP contribution in [0.15, 0.2) is 12.3 Å². The van der Waals surface area contributed by atoms with Crippen LogP contribution in [0.4, 0.5) is 0 Å². The van der Waals surface area contributed by atoms with E-state index in [-0.39, 0.29) is 11.9 Å². The third-order valence-corrected chi connectivity index (χ3v) is 5.57. The van der Waals surface area contributed by atoms with E-state index in [0.717, 1.165) is 39.1 Å². The number of rotatable bonds is 4. The van der Waals surface area contributed by atoms with Crippen LogP contribution in [0.1, 0.15) is 23.7 Å². The van der Waals surface area contributed by atoms with Gasteiger partial charge in [-0.15, -0.1) is 11.6 Å². The molecule has 2 fully saturated rings. The van der Waals surface area contributed by atoms with Gasteiger partial charge < -0.3 is 0 Å². The van der Waals surface area contributed by atoms with Crippen molar-refractivity contribution >= 4 is 17.5 Å². The van der Waals surface area contributed by atoms with E-state index >= 15 is 0 Å². The molecule has 6 nitrogen and oxygen atoms in total. The topological polar surface area (TPSA) is 60.5 Å². The van der Waals surface area contributed by atoms with Gasteiger partial charge in [-0.05, 0) is 30.5 Å². The Morgan fingerprint density at radius 3 is 2.79 bits per heavy atom. The Bertz CT molecular complexity index is 588. The molecule has 2 atom stereocenters. The number of hydrazine groups is 1. The molecule has 2 N–H and O–H groups in total. The third kappa shape index (κ3) is 3.72. The summed E-state index contributed by atoms with van der Waals surface area (Å²) < 4.78 is 0. The standard InChI is InChI=1S/C17H26ClN5O/c1-3-14-13(12(2)4-5-19-14)11-22-6-8-23(9-7-22)15-10-20-21-17(24)16(15)18/h4-5,15-16,20H,3,6-11H2,1-2H3,(H,21,24). The number of carbonyl (C=O) groups is 1. The summed E-state index contributed by atoms with van der Waals surface area (Å²) in [5.41, 5.74) is 9.42. The van der Waals surface area contributed by atoms with Gasteiger partial charge in [0.15, 0.2) is 0 Å². The predicted octanol–water partition coefficient (Wildman–Crippen LogP) is 0.680. The molecule has 3 rings (SSSR count). The molecule has 2 aliphatic heterocycles. The van der Waals surface area contributed by atoms with Crippen molar-refractivity contribution in [3.05, 3.63) is 29.1 Å². The first kappa shape index (κ1) is 17.6. The molecule has 1 amide bonds. The first-order valence-electron chi connectivity index (χ1n) is 8.66. The number of nitrogens with zero attached hydrogens (tertiary/aromatic N) is 3. The minimum absolute atomic E-state index is 0.0638. The van der Waals surface area contributed by atoms with Gasteiger partial charge in [0.1, 0.15) is 5.38 Å². The number of alkyl halides is 1. The number of pyridine rings is 1. The molecule has 2 unspecified atom stereocenters. The first-order chi connectivity index (χ1) is 11.6. The van der Waals surface area contributed by atoms with Crippen LogP contribution in [-0.4, -0.2) is 64.8 Å². The fraction of sp³-hybridized carbons (Fsp3) is 0.647. The van der Waals surface area contributed by atoms with Crippen LogP contribution < -0.4 is 10.9 Å². The Kier molecular flexibility index (Phi) is 5.71. The summed E-state index contributed by atoms with van der Waals surface area (Å²) >= 11 is 6.28. The average Bonchev–Trinajstić information content (AvgIpc) is 2.60. The molecule has 0 aliphatic carbocycles. The molecule has 1 aromatic rings. The van der Waals surface area contributed by atoms with Crippen LogP contribution in [0, 0.1) is 6.92 Å². The molecular weight excluding hydrogens is 326 g/mol. The van der Waals surface area contributed by atoms with E-state index in [9.17, 15) is 4.79 Å². The lowest BCUT2D eigenvalue weighted by Crippen LogP contribution is -2.64. The maximum absolute atomic E-state index is 11.7. The Morgan fingerprint density at radius 1 is 1.33 bits per heavy atom. The van der Waals surface area contributed by atoms with Crippen LogP contribution in [0.2, 0.25) is 0 Å². The monoisotopic (exact) mass is 351 g/mol. The van der Waals surface area contributed by atoms with E-state index in [2.05, 4.69) is 45.5 Å². The highest BCUT2D eigenvalue weighted by Crippen LogP contribution is 2.19. The second-order valence-corrected chi connectivity index (χ2v) is 7.03. The molecule has 0 radical (unpaired) electrons. The van der Waals surface area contributed by atoms with Crippen LogP contribution in [-0.2, 0) is 17.8 Å². The number of hydrogen-bond acceptors (Lipinski definition) is 5. The van der Waals surface area contributed by atoms with Crippen LogP contribution in [0.5, 0.6) is 0 Å². The number of amides is 1. The van der Waals surface area contributed by atoms with Gasteiger partial charge in [0, 0.05) is 57.2 Å². The summed E-state index contributed by atoms with van der Waals surface area (Å²) in [6.07, 6.45) is 2.87. The lowest BCUT2D eigenvalue weighted by atomic mass is 10.0. The number of aryl methyl sites for hydroxylation is 2. The number of nitrogens with one attached hydrogen (secondary N) is 2. The van der Waals surface area contributed by atoms with Crippen molar-refractivity contribution in [2.24, 2.45) is 0 Å². The minimum Gasteiger partial charge on any atom is -0.296 e. The van der Waals surface area contributed by atoms with Crippen molar-refractivity contribution in [1.29, 1.82) is 0 Å². The minimum atomic E-state index is -0.481. The number of halogens is 1. The van der Waals surface area contributed by atoms with E-state index in [1.165, 1.54) is 16.8 Å². The smallest absolute Gasteiger partial charge is 0.253 e. The summed E-state index contributed by atoms with van der Waals surface area (Å²) in [5, 5.41) is -0.481. The van der Waals surface area contributed by atoms with Crippen molar-refractivity contribution in [3.63, 3.8) is 0 Å². The van der Waals surface area contributed by atoms with Gasteiger partial charge in [-0.25, -0.2) is 5.43 Å². The second-order valence-electron chi connectivity index (χ2n) is 6.56. The Morgan fingerprint density at radius 2 is 2.08 bits per heavy atom. The summed E-state index contributed by atoms with van der Waals surface area (Å²) in [7, 11) is 0. The predicted molar refractivity (Wildman–Crippen MR) is 94.8 cm³/mol. The molecule has 0 saturated carbocycles. The molecule has 7 heteroatoms. The van der Waals surface area contributed by atoms with Gasteiger partial charge in [0.05, 0.1) is 0 Å². The summed E-state index contributed by atoms with van der Waals surface area (Å²) in [5.74, 6) is -0.131. The van der Waals surface area contributed by atoms with Gasteiger partial charge in [-0.3, -0.25) is 25.0 Å². The van der Waals surface area contributed by atoms with E-state index in [0.29, 0.717) is 6.54 Å². The molecule has 0 bridgehead atoms. The largest absolute Gasteiger partial charge is 0.296 e.